The van der Waals surface area contributed by atoms with Crippen molar-refractivity contribution in [3.63, 3.8) is 0 Å². The Balaban J connectivity index is 2.57. The molecule has 72 valence electrons. The Bertz CT molecular complexity index is 474. The van der Waals surface area contributed by atoms with Gasteiger partial charge in [0.1, 0.15) is 11.5 Å². The van der Waals surface area contributed by atoms with E-state index in [2.05, 4.69) is 4.98 Å². The van der Waals surface area contributed by atoms with Gasteiger partial charge in [0.15, 0.2) is 0 Å². The molecule has 0 amide bonds. The Morgan fingerprint density at radius 3 is 3.00 bits per heavy atom. The van der Waals surface area contributed by atoms with Crippen molar-refractivity contribution in [2.45, 2.75) is 6.92 Å². The lowest BCUT2D eigenvalue weighted by atomic mass is 10.4. The Morgan fingerprint density at radius 2 is 2.43 bits per heavy atom. The van der Waals surface area contributed by atoms with Crippen LogP contribution in [0.15, 0.2) is 23.8 Å². The maximum Gasteiger partial charge on any atom is 0.348 e. The highest BCUT2D eigenvalue weighted by atomic mass is 32.1. The quantitative estimate of drug-likeness (QED) is 0.562. The molecule has 2 aromatic rings. The van der Waals surface area contributed by atoms with Crippen molar-refractivity contribution in [1.82, 2.24) is 9.55 Å². The van der Waals surface area contributed by atoms with Gasteiger partial charge in [0.2, 0.25) is 0 Å². The minimum Gasteiger partial charge on any atom is -0.297 e. The normalized spacial score (nSPS) is 10.4. The third-order valence-corrected chi connectivity index (χ3v) is 2.73. The van der Waals surface area contributed by atoms with Crippen LogP contribution in [0, 0.1) is 17.0 Å². The van der Waals surface area contributed by atoms with Crippen LogP contribution in [0.25, 0.3) is 5.69 Å². The number of hydrogen-bond acceptors (Lipinski definition) is 4. The third kappa shape index (κ3) is 1.29. The Labute approximate surface area is 83.8 Å². The van der Waals surface area contributed by atoms with Crippen LogP contribution >= 0.6 is 11.3 Å². The molecule has 0 saturated carbocycles. The molecule has 0 aliphatic carbocycles. The number of nitrogens with zero attached hydrogens (tertiary/aromatic N) is 3. The van der Waals surface area contributed by atoms with Gasteiger partial charge in [-0.15, -0.1) is 0 Å². The molecular weight excluding hydrogens is 202 g/mol. The topological polar surface area (TPSA) is 61.0 Å². The molecule has 0 bridgehead atoms. The minimum atomic E-state index is -0.376. The molecule has 5 nitrogen and oxygen atoms in total. The van der Waals surface area contributed by atoms with E-state index < -0.39 is 0 Å². The van der Waals surface area contributed by atoms with E-state index in [0.29, 0.717) is 5.69 Å². The van der Waals surface area contributed by atoms with E-state index in [1.165, 1.54) is 0 Å². The average Bonchev–Trinajstić information content (AvgIpc) is 2.70. The van der Waals surface area contributed by atoms with Crippen molar-refractivity contribution in [3.8, 4) is 5.69 Å². The molecule has 6 heteroatoms. The predicted molar refractivity (Wildman–Crippen MR) is 52.8 cm³/mol. The molecule has 2 heterocycles. The van der Waals surface area contributed by atoms with E-state index in [4.69, 9.17) is 0 Å². The summed E-state index contributed by atoms with van der Waals surface area (Å²) in [5.74, 6) is 0.742. The van der Waals surface area contributed by atoms with Gasteiger partial charge < -0.3 is 0 Å². The third-order valence-electron chi connectivity index (χ3n) is 1.88. The summed E-state index contributed by atoms with van der Waals surface area (Å²) >= 11 is 1.12. The fourth-order valence-corrected chi connectivity index (χ4v) is 1.95. The van der Waals surface area contributed by atoms with Gasteiger partial charge >= 0.3 is 5.00 Å². The summed E-state index contributed by atoms with van der Waals surface area (Å²) in [7, 11) is 0. The summed E-state index contributed by atoms with van der Waals surface area (Å²) in [6.07, 6.45) is 3.33. The summed E-state index contributed by atoms with van der Waals surface area (Å²) in [5.41, 5.74) is 0.579. The molecule has 0 aromatic carbocycles. The molecule has 0 aliphatic rings. The van der Waals surface area contributed by atoms with Crippen LogP contribution in [-0.2, 0) is 0 Å². The lowest BCUT2D eigenvalue weighted by Crippen LogP contribution is -1.97. The van der Waals surface area contributed by atoms with E-state index >= 15 is 0 Å². The number of thiophene rings is 1. The van der Waals surface area contributed by atoms with E-state index in [1.807, 2.05) is 0 Å². The Morgan fingerprint density at radius 1 is 1.64 bits per heavy atom. The predicted octanol–water partition coefficient (Wildman–Crippen LogP) is 2.15. The van der Waals surface area contributed by atoms with Gasteiger partial charge in [0.25, 0.3) is 0 Å². The molecule has 2 aromatic heterocycles. The molecule has 0 spiro atoms. The van der Waals surface area contributed by atoms with Gasteiger partial charge in [-0.25, -0.2) is 4.98 Å². The van der Waals surface area contributed by atoms with Crippen molar-refractivity contribution in [1.29, 1.82) is 0 Å². The molecule has 2 rings (SSSR count). The van der Waals surface area contributed by atoms with Gasteiger partial charge in [-0.05, 0) is 18.4 Å². The van der Waals surface area contributed by atoms with Crippen LogP contribution in [0.1, 0.15) is 5.82 Å². The molecule has 0 aliphatic heterocycles. The highest BCUT2D eigenvalue weighted by Gasteiger charge is 2.17. The number of aromatic nitrogens is 2. The number of aryl methyl sites for hydroxylation is 1. The Hall–Kier alpha value is -1.69. The largest absolute Gasteiger partial charge is 0.348 e. The summed E-state index contributed by atoms with van der Waals surface area (Å²) < 4.78 is 1.70. The first-order valence-corrected chi connectivity index (χ1v) is 4.80. The van der Waals surface area contributed by atoms with Crippen LogP contribution in [0.4, 0.5) is 5.00 Å². The maximum atomic E-state index is 10.7. The first kappa shape index (κ1) is 8.89. The van der Waals surface area contributed by atoms with Crippen molar-refractivity contribution in [3.05, 3.63) is 39.8 Å². The highest BCUT2D eigenvalue weighted by molar-refractivity contribution is 7.13. The van der Waals surface area contributed by atoms with Crippen molar-refractivity contribution in [2.24, 2.45) is 0 Å². The number of imidazole rings is 1. The van der Waals surface area contributed by atoms with Gasteiger partial charge in [-0.2, -0.15) is 0 Å². The molecule has 0 unspecified atom stereocenters. The van der Waals surface area contributed by atoms with E-state index in [1.54, 1.807) is 35.3 Å². The van der Waals surface area contributed by atoms with Crippen LogP contribution in [-0.4, -0.2) is 14.5 Å². The Kier molecular flexibility index (Phi) is 2.05. The fraction of sp³-hybridized carbons (Fsp3) is 0.125. The second-order valence-electron chi connectivity index (χ2n) is 2.71. The first-order chi connectivity index (χ1) is 6.70. The van der Waals surface area contributed by atoms with Gasteiger partial charge in [-0.1, -0.05) is 11.3 Å². The molecule has 0 N–H and O–H groups in total. The SMILES string of the molecule is Cc1nccn1-c1ccsc1[N+](=O)[O-]. The highest BCUT2D eigenvalue weighted by Crippen LogP contribution is 2.29. The van der Waals surface area contributed by atoms with Crippen LogP contribution in [0.2, 0.25) is 0 Å². The van der Waals surface area contributed by atoms with Crippen molar-refractivity contribution < 1.29 is 4.92 Å². The summed E-state index contributed by atoms with van der Waals surface area (Å²) in [6, 6.07) is 1.72. The average molecular weight is 209 g/mol. The van der Waals surface area contributed by atoms with E-state index in [0.717, 1.165) is 17.2 Å². The van der Waals surface area contributed by atoms with Gasteiger partial charge in [-0.3, -0.25) is 14.7 Å². The minimum absolute atomic E-state index is 0.145. The molecule has 0 fully saturated rings. The van der Waals surface area contributed by atoms with Crippen LogP contribution < -0.4 is 0 Å². The van der Waals surface area contributed by atoms with Crippen molar-refractivity contribution >= 4 is 16.3 Å². The summed E-state index contributed by atoms with van der Waals surface area (Å²) in [4.78, 5) is 14.3. The van der Waals surface area contributed by atoms with Gasteiger partial charge in [0.05, 0.1) is 4.92 Å². The standard InChI is InChI=1S/C8H7N3O2S/c1-6-9-3-4-10(6)7-2-5-14-8(7)11(12)13/h2-5H,1H3. The zero-order chi connectivity index (χ0) is 10.1. The molecule has 0 atom stereocenters. The smallest absolute Gasteiger partial charge is 0.297 e. The maximum absolute atomic E-state index is 10.7. The number of rotatable bonds is 2. The lowest BCUT2D eigenvalue weighted by molar-refractivity contribution is -0.379. The van der Waals surface area contributed by atoms with E-state index in [-0.39, 0.29) is 9.92 Å². The second-order valence-corrected chi connectivity index (χ2v) is 3.61. The summed E-state index contributed by atoms with van der Waals surface area (Å²) in [5, 5.41) is 12.5. The fourth-order valence-electron chi connectivity index (χ4n) is 1.25. The second kappa shape index (κ2) is 3.22. The molecular formula is C8H7N3O2S. The van der Waals surface area contributed by atoms with Crippen LogP contribution in [0.5, 0.6) is 0 Å². The van der Waals surface area contributed by atoms with E-state index in [9.17, 15) is 10.1 Å². The van der Waals surface area contributed by atoms with Crippen LogP contribution in [0.3, 0.4) is 0 Å². The monoisotopic (exact) mass is 209 g/mol. The number of nitro groups is 1. The zero-order valence-electron chi connectivity index (χ0n) is 7.38. The molecule has 0 radical (unpaired) electrons. The molecule has 0 saturated heterocycles. The van der Waals surface area contributed by atoms with Crippen molar-refractivity contribution in [2.75, 3.05) is 0 Å². The molecule has 14 heavy (non-hydrogen) atoms. The van der Waals surface area contributed by atoms with Gasteiger partial charge in [0, 0.05) is 12.4 Å². The lowest BCUT2D eigenvalue weighted by Gasteiger charge is -1.99. The summed E-state index contributed by atoms with van der Waals surface area (Å²) in [6.45, 7) is 1.81. The zero-order valence-corrected chi connectivity index (χ0v) is 8.19. The first-order valence-electron chi connectivity index (χ1n) is 3.92. The number of hydrogen-bond donors (Lipinski definition) is 0.